The highest BCUT2D eigenvalue weighted by atomic mass is 19.1. The molecule has 0 N–H and O–H groups in total. The smallest absolute Gasteiger partial charge is 0.289 e. The number of aromatic nitrogens is 2. The van der Waals surface area contributed by atoms with E-state index >= 15 is 0 Å². The number of hydrogen-bond acceptors (Lipinski definition) is 6. The van der Waals surface area contributed by atoms with Crippen molar-refractivity contribution in [2.75, 3.05) is 26.2 Å². The van der Waals surface area contributed by atoms with Crippen LogP contribution in [0, 0.1) is 5.92 Å². The van der Waals surface area contributed by atoms with E-state index in [-0.39, 0.29) is 35.1 Å². The second kappa shape index (κ2) is 7.49. The fraction of sp³-hybridized carbons (Fsp3) is 0.579. The summed E-state index contributed by atoms with van der Waals surface area (Å²) in [5.74, 6) is -0.767. The topological polar surface area (TPSA) is 100 Å². The predicted octanol–water partition coefficient (Wildman–Crippen LogP) is 0.667. The van der Waals surface area contributed by atoms with E-state index in [0.717, 1.165) is 12.8 Å². The maximum absolute atomic E-state index is 14.1. The van der Waals surface area contributed by atoms with E-state index in [1.807, 2.05) is 13.8 Å². The van der Waals surface area contributed by atoms with E-state index < -0.39 is 12.1 Å². The average molecular weight is 402 g/mol. The Balaban J connectivity index is 1.44. The van der Waals surface area contributed by atoms with Gasteiger partial charge in [-0.1, -0.05) is 0 Å². The van der Waals surface area contributed by atoms with Crippen molar-refractivity contribution in [2.45, 2.75) is 38.9 Å². The van der Waals surface area contributed by atoms with Crippen LogP contribution >= 0.6 is 0 Å². The molecule has 3 aliphatic rings. The standard InChI is InChI=1S/C19H23FN6O3/c1-11(2)26-14(27)6-5-13(23-26)18(29)24-7-9-25(10-8-24)19-21-16(12-3-4-12)15(20)17(28)22-19/h5-6,11-12,15H,3-4,7-10H2,1-2H3. The van der Waals surface area contributed by atoms with Gasteiger partial charge in [0, 0.05) is 38.2 Å². The second-order valence-electron chi connectivity index (χ2n) is 7.80. The quantitative estimate of drug-likeness (QED) is 0.740. The van der Waals surface area contributed by atoms with Gasteiger partial charge in [0.25, 0.3) is 17.4 Å². The minimum atomic E-state index is -1.73. The molecule has 2 aliphatic heterocycles. The molecule has 10 heteroatoms. The molecule has 0 aromatic carbocycles. The summed E-state index contributed by atoms with van der Waals surface area (Å²) in [6, 6.07) is 2.64. The number of alkyl halides is 1. The van der Waals surface area contributed by atoms with Crippen LogP contribution in [0.15, 0.2) is 26.9 Å². The molecule has 29 heavy (non-hydrogen) atoms. The Bertz CT molecular complexity index is 957. The molecule has 1 aromatic heterocycles. The van der Waals surface area contributed by atoms with Gasteiger partial charge < -0.3 is 9.80 Å². The number of rotatable bonds is 3. The fourth-order valence-corrected chi connectivity index (χ4v) is 3.48. The number of guanidine groups is 1. The Hall–Kier alpha value is -2.91. The number of halogens is 1. The first-order chi connectivity index (χ1) is 13.8. The van der Waals surface area contributed by atoms with Crippen LogP contribution in [-0.4, -0.2) is 75.4 Å². The van der Waals surface area contributed by atoms with Gasteiger partial charge in [-0.2, -0.15) is 10.1 Å². The molecule has 1 saturated heterocycles. The van der Waals surface area contributed by atoms with Crippen molar-refractivity contribution in [3.8, 4) is 0 Å². The maximum atomic E-state index is 14.1. The van der Waals surface area contributed by atoms with E-state index in [1.54, 1.807) is 9.80 Å². The highest BCUT2D eigenvalue weighted by Crippen LogP contribution is 2.34. The van der Waals surface area contributed by atoms with Crippen LogP contribution in [-0.2, 0) is 4.79 Å². The summed E-state index contributed by atoms with van der Waals surface area (Å²) < 4.78 is 15.3. The number of amides is 2. The molecular weight excluding hydrogens is 379 g/mol. The molecule has 0 radical (unpaired) electrons. The minimum absolute atomic E-state index is 0.0463. The van der Waals surface area contributed by atoms with Crippen LogP contribution in [0.1, 0.15) is 43.2 Å². The van der Waals surface area contributed by atoms with E-state index in [9.17, 15) is 18.8 Å². The zero-order valence-corrected chi connectivity index (χ0v) is 16.4. The zero-order chi connectivity index (χ0) is 20.7. The van der Waals surface area contributed by atoms with Crippen molar-refractivity contribution in [3.05, 3.63) is 28.2 Å². The van der Waals surface area contributed by atoms with Crippen LogP contribution in [0.25, 0.3) is 0 Å². The van der Waals surface area contributed by atoms with Gasteiger partial charge in [0.2, 0.25) is 12.1 Å². The van der Waals surface area contributed by atoms with Gasteiger partial charge in [-0.25, -0.2) is 14.1 Å². The monoisotopic (exact) mass is 402 g/mol. The Morgan fingerprint density at radius 1 is 1.10 bits per heavy atom. The number of carbonyl (C=O) groups excluding carboxylic acids is 2. The number of piperazine rings is 1. The van der Waals surface area contributed by atoms with Crippen molar-refractivity contribution in [3.63, 3.8) is 0 Å². The minimum Gasteiger partial charge on any atom is -0.337 e. The van der Waals surface area contributed by atoms with Gasteiger partial charge in [-0.15, -0.1) is 0 Å². The first-order valence-electron chi connectivity index (χ1n) is 9.84. The average Bonchev–Trinajstić information content (AvgIpc) is 3.55. The Morgan fingerprint density at radius 2 is 1.79 bits per heavy atom. The SMILES string of the molecule is CC(C)n1nc(C(=O)N2CCN(C3=NC(=O)C(F)C(C4CC4)=N3)CC2)ccc1=O. The Morgan fingerprint density at radius 3 is 2.41 bits per heavy atom. The van der Waals surface area contributed by atoms with Crippen molar-refractivity contribution in [1.29, 1.82) is 0 Å². The summed E-state index contributed by atoms with van der Waals surface area (Å²) in [6.07, 6.45) is -0.0156. The first-order valence-corrected chi connectivity index (χ1v) is 9.84. The summed E-state index contributed by atoms with van der Waals surface area (Å²) >= 11 is 0. The van der Waals surface area contributed by atoms with Crippen molar-refractivity contribution in [1.82, 2.24) is 19.6 Å². The summed E-state index contributed by atoms with van der Waals surface area (Å²) in [5, 5.41) is 4.18. The predicted molar refractivity (Wildman–Crippen MR) is 104 cm³/mol. The highest BCUT2D eigenvalue weighted by molar-refractivity contribution is 6.18. The molecule has 2 amide bonds. The summed E-state index contributed by atoms with van der Waals surface area (Å²) in [4.78, 5) is 48.1. The molecule has 2 fully saturated rings. The lowest BCUT2D eigenvalue weighted by Gasteiger charge is -2.35. The van der Waals surface area contributed by atoms with Gasteiger partial charge >= 0.3 is 0 Å². The zero-order valence-electron chi connectivity index (χ0n) is 16.4. The molecule has 9 nitrogen and oxygen atoms in total. The molecule has 1 atom stereocenters. The molecule has 0 spiro atoms. The molecule has 154 valence electrons. The molecule has 0 bridgehead atoms. The largest absolute Gasteiger partial charge is 0.337 e. The Kier molecular flexibility index (Phi) is 5.01. The third-order valence-corrected chi connectivity index (χ3v) is 5.29. The summed E-state index contributed by atoms with van der Waals surface area (Å²) in [5.41, 5.74) is 0.252. The highest BCUT2D eigenvalue weighted by Gasteiger charge is 2.40. The van der Waals surface area contributed by atoms with Crippen molar-refractivity contribution >= 4 is 23.5 Å². The number of aliphatic imine (C=N–C) groups is 2. The van der Waals surface area contributed by atoms with Gasteiger partial charge in [-0.3, -0.25) is 14.4 Å². The normalized spacial score (nSPS) is 22.6. The van der Waals surface area contributed by atoms with E-state index in [2.05, 4.69) is 15.1 Å². The number of hydrogen-bond donors (Lipinski definition) is 0. The van der Waals surface area contributed by atoms with Gasteiger partial charge in [0.15, 0.2) is 0 Å². The lowest BCUT2D eigenvalue weighted by Crippen LogP contribution is -2.51. The summed E-state index contributed by atoms with van der Waals surface area (Å²) in [7, 11) is 0. The van der Waals surface area contributed by atoms with Gasteiger partial charge in [0.05, 0.1) is 11.8 Å². The molecule has 1 saturated carbocycles. The van der Waals surface area contributed by atoms with Crippen molar-refractivity contribution in [2.24, 2.45) is 15.9 Å². The molecule has 1 aromatic rings. The van der Waals surface area contributed by atoms with E-state index in [1.165, 1.54) is 16.8 Å². The Labute approximate surface area is 166 Å². The molecule has 1 aliphatic carbocycles. The summed E-state index contributed by atoms with van der Waals surface area (Å²) in [6.45, 7) is 5.29. The molecule has 1 unspecified atom stereocenters. The van der Waals surface area contributed by atoms with Crippen molar-refractivity contribution < 1.29 is 14.0 Å². The van der Waals surface area contributed by atoms with Gasteiger partial charge in [-0.05, 0) is 32.8 Å². The van der Waals surface area contributed by atoms with Crippen LogP contribution in [0.2, 0.25) is 0 Å². The molecule has 4 rings (SSSR count). The second-order valence-corrected chi connectivity index (χ2v) is 7.80. The van der Waals surface area contributed by atoms with E-state index in [0.29, 0.717) is 31.9 Å². The van der Waals surface area contributed by atoms with Gasteiger partial charge in [0.1, 0.15) is 5.69 Å². The number of carbonyl (C=O) groups is 2. The fourth-order valence-electron chi connectivity index (χ4n) is 3.48. The third kappa shape index (κ3) is 3.83. The van der Waals surface area contributed by atoms with Crippen LogP contribution in [0.5, 0.6) is 0 Å². The van der Waals surface area contributed by atoms with Crippen LogP contribution < -0.4 is 5.56 Å². The lowest BCUT2D eigenvalue weighted by molar-refractivity contribution is -0.120. The van der Waals surface area contributed by atoms with E-state index in [4.69, 9.17) is 0 Å². The number of nitrogens with zero attached hydrogens (tertiary/aromatic N) is 6. The van der Waals surface area contributed by atoms with Crippen LogP contribution in [0.3, 0.4) is 0 Å². The van der Waals surface area contributed by atoms with Crippen LogP contribution in [0.4, 0.5) is 4.39 Å². The molecule has 3 heterocycles. The molecular formula is C19H23FN6O3. The lowest BCUT2D eigenvalue weighted by atomic mass is 10.1. The maximum Gasteiger partial charge on any atom is 0.289 e. The third-order valence-electron chi connectivity index (χ3n) is 5.29. The first kappa shape index (κ1) is 19.4.